The molecule has 0 aromatic heterocycles. The molecule has 1 fully saturated rings. The fraction of sp³-hybridized carbons (Fsp3) is 0.667. The van der Waals surface area contributed by atoms with Crippen LogP contribution in [0.4, 0.5) is 18.0 Å². The average molecular weight is 252 g/mol. The number of amides is 3. The third-order valence-electron chi connectivity index (χ3n) is 2.57. The van der Waals surface area contributed by atoms with Gasteiger partial charge in [-0.15, -0.1) is 0 Å². The number of hydrogen-bond acceptors (Lipinski definition) is 3. The van der Waals surface area contributed by atoms with Crippen LogP contribution < -0.4 is 5.32 Å². The fourth-order valence-electron chi connectivity index (χ4n) is 1.32. The SMILES string of the molecule is CCC(=O)CN1C(=O)NC(C)(C(F)(F)F)C1=O. The van der Waals surface area contributed by atoms with Gasteiger partial charge in [-0.25, -0.2) is 4.79 Å². The Morgan fingerprint density at radius 2 is 1.94 bits per heavy atom. The van der Waals surface area contributed by atoms with E-state index in [1.807, 2.05) is 0 Å². The second-order valence-corrected chi connectivity index (χ2v) is 3.84. The van der Waals surface area contributed by atoms with Crippen LogP contribution in [0.2, 0.25) is 0 Å². The second-order valence-electron chi connectivity index (χ2n) is 3.84. The minimum atomic E-state index is -4.90. The number of carbonyl (C=O) groups is 3. The summed E-state index contributed by atoms with van der Waals surface area (Å²) >= 11 is 0. The summed E-state index contributed by atoms with van der Waals surface area (Å²) in [6.07, 6.45) is -4.86. The van der Waals surface area contributed by atoms with Crippen molar-refractivity contribution in [2.24, 2.45) is 0 Å². The van der Waals surface area contributed by atoms with Gasteiger partial charge in [0.15, 0.2) is 5.78 Å². The largest absolute Gasteiger partial charge is 0.420 e. The summed E-state index contributed by atoms with van der Waals surface area (Å²) in [5.74, 6) is -1.93. The maximum atomic E-state index is 12.6. The van der Waals surface area contributed by atoms with Gasteiger partial charge in [-0.1, -0.05) is 6.92 Å². The van der Waals surface area contributed by atoms with Gasteiger partial charge in [0.05, 0.1) is 6.54 Å². The van der Waals surface area contributed by atoms with Crippen LogP contribution in [0.1, 0.15) is 20.3 Å². The summed E-state index contributed by atoms with van der Waals surface area (Å²) in [6.45, 7) is 1.43. The molecule has 5 nitrogen and oxygen atoms in total. The molecule has 1 rings (SSSR count). The van der Waals surface area contributed by atoms with Gasteiger partial charge in [-0.3, -0.25) is 14.5 Å². The van der Waals surface area contributed by atoms with Crippen LogP contribution in [0.15, 0.2) is 0 Å². The van der Waals surface area contributed by atoms with E-state index in [0.29, 0.717) is 11.8 Å². The number of urea groups is 1. The maximum absolute atomic E-state index is 12.6. The lowest BCUT2D eigenvalue weighted by molar-refractivity contribution is -0.191. The molecule has 0 aliphatic carbocycles. The van der Waals surface area contributed by atoms with Crippen LogP contribution in [-0.2, 0) is 9.59 Å². The first-order chi connectivity index (χ1) is 7.63. The van der Waals surface area contributed by atoms with E-state index in [0.717, 1.165) is 0 Å². The monoisotopic (exact) mass is 252 g/mol. The number of imide groups is 1. The summed E-state index contributed by atoms with van der Waals surface area (Å²) in [5.41, 5.74) is -2.95. The van der Waals surface area contributed by atoms with E-state index in [1.165, 1.54) is 6.92 Å². The van der Waals surface area contributed by atoms with E-state index >= 15 is 0 Å². The van der Waals surface area contributed by atoms with E-state index in [2.05, 4.69) is 0 Å². The number of hydrogen-bond donors (Lipinski definition) is 1. The van der Waals surface area contributed by atoms with Gasteiger partial charge in [-0.05, 0) is 6.92 Å². The molecule has 1 unspecified atom stereocenters. The molecule has 1 saturated heterocycles. The molecule has 1 N–H and O–H groups in total. The van der Waals surface area contributed by atoms with Crippen LogP contribution >= 0.6 is 0 Å². The Hall–Kier alpha value is -1.60. The van der Waals surface area contributed by atoms with E-state index in [1.54, 1.807) is 5.32 Å². The number of ketones is 1. The number of alkyl halides is 3. The van der Waals surface area contributed by atoms with Crippen molar-refractivity contribution in [2.75, 3.05) is 6.54 Å². The third kappa shape index (κ3) is 2.11. The van der Waals surface area contributed by atoms with Crippen molar-refractivity contribution in [1.82, 2.24) is 10.2 Å². The van der Waals surface area contributed by atoms with Gasteiger partial charge in [0.1, 0.15) is 0 Å². The molecule has 1 heterocycles. The van der Waals surface area contributed by atoms with Crippen LogP contribution in [0, 0.1) is 0 Å². The summed E-state index contributed by atoms with van der Waals surface area (Å²) in [7, 11) is 0. The Morgan fingerprint density at radius 1 is 1.41 bits per heavy atom. The molecular formula is C9H11F3N2O3. The first-order valence-electron chi connectivity index (χ1n) is 4.86. The van der Waals surface area contributed by atoms with Crippen molar-refractivity contribution in [3.05, 3.63) is 0 Å². The minimum Gasteiger partial charge on any atom is -0.316 e. The molecule has 0 radical (unpaired) electrons. The summed E-state index contributed by atoms with van der Waals surface area (Å²) in [6, 6.07) is -1.20. The average Bonchev–Trinajstić information content (AvgIpc) is 2.42. The van der Waals surface area contributed by atoms with Crippen LogP contribution in [0.25, 0.3) is 0 Å². The lowest BCUT2D eigenvalue weighted by Crippen LogP contribution is -2.56. The number of halogens is 3. The number of rotatable bonds is 3. The van der Waals surface area contributed by atoms with Crippen molar-refractivity contribution in [3.63, 3.8) is 0 Å². The van der Waals surface area contributed by atoms with Crippen molar-refractivity contribution >= 4 is 17.7 Å². The quantitative estimate of drug-likeness (QED) is 0.757. The van der Waals surface area contributed by atoms with E-state index in [-0.39, 0.29) is 6.42 Å². The highest BCUT2D eigenvalue weighted by atomic mass is 19.4. The molecule has 17 heavy (non-hydrogen) atoms. The van der Waals surface area contributed by atoms with E-state index in [4.69, 9.17) is 0 Å². The summed E-state index contributed by atoms with van der Waals surface area (Å²) in [5, 5.41) is 1.56. The second kappa shape index (κ2) is 4.01. The number of nitrogens with zero attached hydrogens (tertiary/aromatic N) is 1. The highest BCUT2D eigenvalue weighted by Crippen LogP contribution is 2.34. The third-order valence-corrected chi connectivity index (χ3v) is 2.57. The highest BCUT2D eigenvalue weighted by Gasteiger charge is 2.64. The molecule has 8 heteroatoms. The lowest BCUT2D eigenvalue weighted by Gasteiger charge is -2.24. The van der Waals surface area contributed by atoms with Crippen molar-refractivity contribution in [2.45, 2.75) is 32.0 Å². The zero-order chi connectivity index (χ0) is 13.4. The molecule has 1 aliphatic heterocycles. The zero-order valence-electron chi connectivity index (χ0n) is 9.22. The highest BCUT2D eigenvalue weighted by molar-refractivity contribution is 6.09. The first-order valence-corrected chi connectivity index (χ1v) is 4.86. The summed E-state index contributed by atoms with van der Waals surface area (Å²) in [4.78, 5) is 34.1. The summed E-state index contributed by atoms with van der Waals surface area (Å²) < 4.78 is 37.8. The first kappa shape index (κ1) is 13.5. The lowest BCUT2D eigenvalue weighted by atomic mass is 10.0. The predicted molar refractivity (Wildman–Crippen MR) is 50.0 cm³/mol. The molecule has 3 amide bonds. The van der Waals surface area contributed by atoms with Crippen LogP contribution in [0.3, 0.4) is 0 Å². The number of nitrogens with one attached hydrogen (secondary N) is 1. The molecule has 1 aliphatic rings. The topological polar surface area (TPSA) is 66.5 Å². The van der Waals surface area contributed by atoms with Gasteiger partial charge in [0.2, 0.25) is 5.54 Å². The zero-order valence-corrected chi connectivity index (χ0v) is 9.22. The molecule has 1 atom stereocenters. The fourth-order valence-corrected chi connectivity index (χ4v) is 1.32. The molecule has 0 bridgehead atoms. The molecule has 0 spiro atoms. The molecule has 0 aromatic rings. The number of Topliss-reactive ketones (excluding diaryl/α,β-unsaturated/α-hetero) is 1. The van der Waals surface area contributed by atoms with Crippen LogP contribution in [0.5, 0.6) is 0 Å². The molecular weight excluding hydrogens is 241 g/mol. The Labute approximate surface area is 94.9 Å². The van der Waals surface area contributed by atoms with Gasteiger partial charge in [-0.2, -0.15) is 13.2 Å². The van der Waals surface area contributed by atoms with Crippen molar-refractivity contribution in [1.29, 1.82) is 0 Å². The Kier molecular flexibility index (Phi) is 3.17. The van der Waals surface area contributed by atoms with Gasteiger partial charge in [0.25, 0.3) is 5.91 Å². The Morgan fingerprint density at radius 3 is 2.29 bits per heavy atom. The van der Waals surface area contributed by atoms with Crippen molar-refractivity contribution < 1.29 is 27.6 Å². The van der Waals surface area contributed by atoms with E-state index in [9.17, 15) is 27.6 Å². The van der Waals surface area contributed by atoms with Crippen LogP contribution in [-0.4, -0.2) is 40.9 Å². The standard InChI is InChI=1S/C9H11F3N2O3/c1-3-5(15)4-14-6(16)8(2,9(10,11)12)13-7(14)17/h3-4H2,1-2H3,(H,13,17). The molecule has 0 aromatic carbocycles. The van der Waals surface area contributed by atoms with Gasteiger partial charge < -0.3 is 5.32 Å². The minimum absolute atomic E-state index is 0.0415. The normalized spacial score (nSPS) is 25.1. The smallest absolute Gasteiger partial charge is 0.316 e. The molecule has 0 saturated carbocycles. The van der Waals surface area contributed by atoms with Crippen molar-refractivity contribution in [3.8, 4) is 0 Å². The Bertz CT molecular complexity index is 380. The maximum Gasteiger partial charge on any atom is 0.420 e. The number of carbonyl (C=O) groups excluding carboxylic acids is 3. The Balaban J connectivity index is 2.97. The molecule has 96 valence electrons. The van der Waals surface area contributed by atoms with Gasteiger partial charge in [0, 0.05) is 6.42 Å². The van der Waals surface area contributed by atoms with Gasteiger partial charge >= 0.3 is 12.2 Å². The van der Waals surface area contributed by atoms with E-state index < -0.39 is 36.0 Å². The predicted octanol–water partition coefficient (Wildman–Crippen LogP) is 0.838.